The topological polar surface area (TPSA) is 80.1 Å². The molecule has 0 aliphatic rings. The van der Waals surface area contributed by atoms with Crippen molar-refractivity contribution >= 4 is 46.2 Å². The number of thiophene rings is 2. The van der Waals surface area contributed by atoms with E-state index >= 15 is 0 Å². The molecule has 148 valence electrons. The molecule has 0 bridgehead atoms. The lowest BCUT2D eigenvalue weighted by Crippen LogP contribution is -2.16. The van der Waals surface area contributed by atoms with Crippen LogP contribution in [0.5, 0.6) is 0 Å². The van der Waals surface area contributed by atoms with Crippen LogP contribution in [0.4, 0.5) is 0 Å². The highest BCUT2D eigenvalue weighted by molar-refractivity contribution is 8.00. The Bertz CT molecular complexity index is 1040. The highest BCUT2D eigenvalue weighted by Crippen LogP contribution is 2.37. The quantitative estimate of drug-likeness (QED) is 0.263. The van der Waals surface area contributed by atoms with Gasteiger partial charge in [0, 0.05) is 10.4 Å². The lowest BCUT2D eigenvalue weighted by molar-refractivity contribution is -0.149. The number of ether oxygens (including phenoxy) is 1. The summed E-state index contributed by atoms with van der Waals surface area (Å²) in [6.45, 7) is 3.48. The molecule has 3 aromatic heterocycles. The number of pyridine rings is 1. The standard InChI is InChI=1S/C21H18N2O3S3/c1-13(2)26-20(25)9-14(24)12-29-21-16(11-22)15(18-5-3-7-27-18)10-17(23-21)19-6-4-8-28-19/h3-8,10,13H,9,12H2,1-2H3. The highest BCUT2D eigenvalue weighted by Gasteiger charge is 2.19. The van der Waals surface area contributed by atoms with Crippen LogP contribution in [-0.4, -0.2) is 28.6 Å². The molecule has 0 amide bonds. The Morgan fingerprint density at radius 1 is 1.21 bits per heavy atom. The summed E-state index contributed by atoms with van der Waals surface area (Å²) in [7, 11) is 0. The van der Waals surface area contributed by atoms with Crippen molar-refractivity contribution in [3.63, 3.8) is 0 Å². The maximum absolute atomic E-state index is 12.2. The summed E-state index contributed by atoms with van der Waals surface area (Å²) in [6.07, 6.45) is -0.541. The van der Waals surface area contributed by atoms with Gasteiger partial charge in [0.05, 0.1) is 28.0 Å². The molecule has 0 radical (unpaired) electrons. The monoisotopic (exact) mass is 442 g/mol. The van der Waals surface area contributed by atoms with E-state index in [2.05, 4.69) is 11.1 Å². The zero-order valence-electron chi connectivity index (χ0n) is 15.9. The average molecular weight is 443 g/mol. The number of carbonyl (C=O) groups excluding carboxylic acids is 2. The number of nitrogens with zero attached hydrogens (tertiary/aromatic N) is 2. The lowest BCUT2D eigenvalue weighted by atomic mass is 10.1. The van der Waals surface area contributed by atoms with Crippen LogP contribution < -0.4 is 0 Å². The maximum atomic E-state index is 12.2. The number of rotatable bonds is 8. The summed E-state index contributed by atoms with van der Waals surface area (Å²) < 4.78 is 5.02. The number of aromatic nitrogens is 1. The Morgan fingerprint density at radius 2 is 1.90 bits per heavy atom. The fourth-order valence-corrected chi connectivity index (χ4v) is 4.87. The Morgan fingerprint density at radius 3 is 2.48 bits per heavy atom. The van der Waals surface area contributed by atoms with Crippen LogP contribution in [0, 0.1) is 11.3 Å². The minimum atomic E-state index is -0.536. The second kappa shape index (κ2) is 9.83. The van der Waals surface area contributed by atoms with E-state index in [0.29, 0.717) is 10.6 Å². The molecule has 0 saturated heterocycles. The molecule has 29 heavy (non-hydrogen) atoms. The van der Waals surface area contributed by atoms with Gasteiger partial charge in [-0.05, 0) is 42.8 Å². The summed E-state index contributed by atoms with van der Waals surface area (Å²) in [6, 6.07) is 12.0. The molecule has 0 aromatic carbocycles. The molecular formula is C21H18N2O3S3. The number of nitriles is 1. The fourth-order valence-electron chi connectivity index (χ4n) is 2.58. The predicted molar refractivity (Wildman–Crippen MR) is 117 cm³/mol. The molecule has 0 spiro atoms. The Kier molecular flexibility index (Phi) is 7.20. The minimum absolute atomic E-state index is 0.0483. The number of Topliss-reactive ketones (excluding diaryl/α,β-unsaturated/α-hetero) is 1. The summed E-state index contributed by atoms with van der Waals surface area (Å²) in [5, 5.41) is 14.2. The van der Waals surface area contributed by atoms with Gasteiger partial charge in [0.2, 0.25) is 0 Å². The highest BCUT2D eigenvalue weighted by atomic mass is 32.2. The maximum Gasteiger partial charge on any atom is 0.313 e. The zero-order chi connectivity index (χ0) is 20.8. The molecule has 0 aliphatic carbocycles. The van der Waals surface area contributed by atoms with Crippen LogP contribution in [0.2, 0.25) is 0 Å². The third-order valence-corrected chi connectivity index (χ3v) is 6.57. The number of esters is 1. The van der Waals surface area contributed by atoms with Crippen molar-refractivity contribution in [3.05, 3.63) is 46.7 Å². The second-order valence-corrected chi connectivity index (χ2v) is 9.20. The molecule has 0 unspecified atom stereocenters. The number of ketones is 1. The van der Waals surface area contributed by atoms with E-state index in [9.17, 15) is 14.9 Å². The fraction of sp³-hybridized carbons (Fsp3) is 0.238. The van der Waals surface area contributed by atoms with Gasteiger partial charge in [-0.1, -0.05) is 23.9 Å². The van der Waals surface area contributed by atoms with Gasteiger partial charge < -0.3 is 4.74 Å². The van der Waals surface area contributed by atoms with E-state index in [0.717, 1.165) is 21.0 Å². The van der Waals surface area contributed by atoms with Crippen LogP contribution in [0.15, 0.2) is 46.1 Å². The Balaban J connectivity index is 1.88. The van der Waals surface area contributed by atoms with Crippen LogP contribution >= 0.6 is 34.4 Å². The normalized spacial score (nSPS) is 10.7. The molecule has 0 N–H and O–H groups in total. The molecule has 5 nitrogen and oxygen atoms in total. The number of carbonyl (C=O) groups is 2. The second-order valence-electron chi connectivity index (χ2n) is 6.34. The number of hydrogen-bond acceptors (Lipinski definition) is 8. The molecule has 0 atom stereocenters. The third kappa shape index (κ3) is 5.54. The van der Waals surface area contributed by atoms with Gasteiger partial charge in [-0.2, -0.15) is 5.26 Å². The summed E-state index contributed by atoms with van der Waals surface area (Å²) in [5.74, 6) is -0.747. The van der Waals surface area contributed by atoms with E-state index in [1.807, 2.05) is 41.1 Å². The van der Waals surface area contributed by atoms with E-state index in [4.69, 9.17) is 4.74 Å². The molecule has 3 aromatic rings. The van der Waals surface area contributed by atoms with Gasteiger partial charge in [-0.3, -0.25) is 9.59 Å². The molecule has 0 fully saturated rings. The third-order valence-electron chi connectivity index (χ3n) is 3.74. The van der Waals surface area contributed by atoms with Gasteiger partial charge in [0.25, 0.3) is 0 Å². The molecule has 3 heterocycles. The molecule has 8 heteroatoms. The van der Waals surface area contributed by atoms with Gasteiger partial charge in [-0.15, -0.1) is 22.7 Å². The summed E-state index contributed by atoms with van der Waals surface area (Å²) >= 11 is 4.29. The first-order chi connectivity index (χ1) is 14.0. The van der Waals surface area contributed by atoms with Crippen molar-refractivity contribution in [2.45, 2.75) is 31.4 Å². The first kappa shape index (κ1) is 21.2. The molecule has 0 aliphatic heterocycles. The first-order valence-electron chi connectivity index (χ1n) is 8.84. The smallest absolute Gasteiger partial charge is 0.313 e. The van der Waals surface area contributed by atoms with Gasteiger partial charge in [0.1, 0.15) is 17.5 Å². The Labute approximate surface area is 181 Å². The average Bonchev–Trinajstić information content (AvgIpc) is 3.38. The molecule has 3 rings (SSSR count). The van der Waals surface area contributed by atoms with Gasteiger partial charge in [0.15, 0.2) is 5.78 Å². The van der Waals surface area contributed by atoms with Crippen LogP contribution in [0.3, 0.4) is 0 Å². The van der Waals surface area contributed by atoms with Crippen molar-refractivity contribution in [1.82, 2.24) is 4.98 Å². The van der Waals surface area contributed by atoms with Crippen molar-refractivity contribution in [2.75, 3.05) is 5.75 Å². The number of hydrogen-bond donors (Lipinski definition) is 0. The number of thioether (sulfide) groups is 1. The Hall–Kier alpha value is -2.47. The van der Waals surface area contributed by atoms with E-state index < -0.39 is 5.97 Å². The largest absolute Gasteiger partial charge is 0.463 e. The van der Waals surface area contributed by atoms with Crippen molar-refractivity contribution in [3.8, 4) is 27.1 Å². The van der Waals surface area contributed by atoms with E-state index in [1.165, 1.54) is 11.8 Å². The van der Waals surface area contributed by atoms with Crippen molar-refractivity contribution in [2.24, 2.45) is 0 Å². The minimum Gasteiger partial charge on any atom is -0.463 e. The summed E-state index contributed by atoms with van der Waals surface area (Å²) in [5.41, 5.74) is 2.00. The van der Waals surface area contributed by atoms with Crippen molar-refractivity contribution < 1.29 is 14.3 Å². The predicted octanol–water partition coefficient (Wildman–Crippen LogP) is 5.41. The van der Waals surface area contributed by atoms with Crippen molar-refractivity contribution in [1.29, 1.82) is 5.26 Å². The van der Waals surface area contributed by atoms with Crippen LogP contribution in [0.1, 0.15) is 25.8 Å². The van der Waals surface area contributed by atoms with Crippen LogP contribution in [0.25, 0.3) is 21.0 Å². The van der Waals surface area contributed by atoms with Gasteiger partial charge in [-0.25, -0.2) is 4.98 Å². The zero-order valence-corrected chi connectivity index (χ0v) is 18.3. The van der Waals surface area contributed by atoms with Crippen LogP contribution in [-0.2, 0) is 14.3 Å². The summed E-state index contributed by atoms with van der Waals surface area (Å²) in [4.78, 5) is 30.5. The molecule has 0 saturated carbocycles. The molecular weight excluding hydrogens is 424 g/mol. The van der Waals surface area contributed by atoms with E-state index in [-0.39, 0.29) is 24.1 Å². The first-order valence-corrected chi connectivity index (χ1v) is 11.6. The lowest BCUT2D eigenvalue weighted by Gasteiger charge is -2.11. The van der Waals surface area contributed by atoms with E-state index in [1.54, 1.807) is 36.5 Å². The van der Waals surface area contributed by atoms with Gasteiger partial charge >= 0.3 is 5.97 Å². The SMILES string of the molecule is CC(C)OC(=O)CC(=O)CSc1nc(-c2cccs2)cc(-c2cccs2)c1C#N.